The number of pyridine rings is 1. The van der Waals surface area contributed by atoms with Gasteiger partial charge in [-0.3, -0.25) is 4.79 Å². The Balaban J connectivity index is 2.34. The van der Waals surface area contributed by atoms with Gasteiger partial charge in [0.2, 0.25) is 0 Å². The smallest absolute Gasteiger partial charge is 0.261 e. The average molecular weight is 250 g/mol. The van der Waals surface area contributed by atoms with Gasteiger partial charge in [-0.05, 0) is 29.6 Å². The minimum Gasteiger partial charge on any atom is -0.352 e. The number of hydrogen-bond donors (Lipinski definition) is 1. The lowest BCUT2D eigenvalue weighted by Crippen LogP contribution is -2.25. The van der Waals surface area contributed by atoms with Crippen molar-refractivity contribution in [3.63, 3.8) is 0 Å². The molecule has 0 aliphatic heterocycles. The van der Waals surface area contributed by atoms with Gasteiger partial charge in [-0.2, -0.15) is 0 Å². The predicted molar refractivity (Wildman–Crippen MR) is 68.7 cm³/mol. The molecule has 0 aromatic carbocycles. The van der Waals surface area contributed by atoms with Crippen molar-refractivity contribution < 1.29 is 4.79 Å². The summed E-state index contributed by atoms with van der Waals surface area (Å²) in [6.07, 6.45) is 1.71. The van der Waals surface area contributed by atoms with Gasteiger partial charge in [0.15, 0.2) is 0 Å². The number of rotatable bonds is 2. The lowest BCUT2D eigenvalue weighted by Gasteiger charge is -2.14. The summed E-state index contributed by atoms with van der Waals surface area (Å²) in [6, 6.07) is 7.31. The maximum atomic E-state index is 12.1. The molecule has 16 heavy (non-hydrogen) atoms. The zero-order chi connectivity index (χ0) is 11.5. The second kappa shape index (κ2) is 4.59. The van der Waals surface area contributed by atoms with Crippen LogP contribution in [0.3, 0.4) is 0 Å². The number of thiophene rings is 1. The first-order valence-corrected chi connectivity index (χ1v) is 5.98. The van der Waals surface area contributed by atoms with Gasteiger partial charge in [-0.1, -0.05) is 12.2 Å². The highest BCUT2D eigenvalue weighted by atomic mass is 32.1. The number of nitrogens with zero attached hydrogens (tertiary/aromatic N) is 1. The zero-order valence-corrected chi connectivity index (χ0v) is 10.3. The monoisotopic (exact) mass is 250 g/mol. The molecule has 0 aliphatic rings. The maximum absolute atomic E-state index is 12.1. The Kier molecular flexibility index (Phi) is 3.17. The average Bonchev–Trinajstić information content (AvgIpc) is 2.81. The van der Waals surface area contributed by atoms with Crippen LogP contribution in [0.2, 0.25) is 0 Å². The molecule has 0 aliphatic carbocycles. The van der Waals surface area contributed by atoms with Crippen LogP contribution in [0.15, 0.2) is 35.8 Å². The number of amides is 1. The van der Waals surface area contributed by atoms with Gasteiger partial charge in [0.05, 0.1) is 10.6 Å². The van der Waals surface area contributed by atoms with E-state index in [4.69, 9.17) is 12.2 Å². The minimum atomic E-state index is -0.0932. The maximum Gasteiger partial charge on any atom is 0.261 e. The number of hydrogen-bond acceptors (Lipinski definition) is 3. The number of anilines is 1. The van der Waals surface area contributed by atoms with E-state index in [1.165, 1.54) is 11.3 Å². The highest BCUT2D eigenvalue weighted by Crippen LogP contribution is 2.21. The molecule has 1 amide bonds. The summed E-state index contributed by atoms with van der Waals surface area (Å²) in [6.45, 7) is 0. The fourth-order valence-corrected chi connectivity index (χ4v) is 2.25. The Morgan fingerprint density at radius 1 is 1.44 bits per heavy atom. The Hall–Kier alpha value is -1.46. The lowest BCUT2D eigenvalue weighted by atomic mass is 10.2. The fraction of sp³-hybridized carbons (Fsp3) is 0.0909. The van der Waals surface area contributed by atoms with E-state index in [0.717, 1.165) is 5.00 Å². The second-order valence-electron chi connectivity index (χ2n) is 3.23. The van der Waals surface area contributed by atoms with Crippen molar-refractivity contribution in [3.05, 3.63) is 46.0 Å². The summed E-state index contributed by atoms with van der Waals surface area (Å²) in [5.41, 5.74) is 0.522. The summed E-state index contributed by atoms with van der Waals surface area (Å²) in [7, 11) is 1.75. The largest absolute Gasteiger partial charge is 0.352 e. The predicted octanol–water partition coefficient (Wildman–Crippen LogP) is 3.08. The third-order valence-corrected chi connectivity index (χ3v) is 3.47. The molecule has 2 heterocycles. The van der Waals surface area contributed by atoms with Crippen LogP contribution in [-0.4, -0.2) is 17.9 Å². The Morgan fingerprint density at radius 3 is 2.88 bits per heavy atom. The minimum absolute atomic E-state index is 0.0932. The van der Waals surface area contributed by atoms with E-state index < -0.39 is 0 Å². The lowest BCUT2D eigenvalue weighted by molar-refractivity contribution is 0.0993. The number of carbonyl (C=O) groups excluding carboxylic acids is 1. The van der Waals surface area contributed by atoms with E-state index in [2.05, 4.69) is 4.98 Å². The van der Waals surface area contributed by atoms with Crippen LogP contribution in [0.4, 0.5) is 5.00 Å². The number of carbonyl (C=O) groups is 1. The molecule has 5 heteroatoms. The van der Waals surface area contributed by atoms with E-state index in [1.807, 2.05) is 17.5 Å². The normalized spacial score (nSPS) is 10.1. The van der Waals surface area contributed by atoms with Crippen LogP contribution in [0.25, 0.3) is 0 Å². The van der Waals surface area contributed by atoms with Gasteiger partial charge in [-0.15, -0.1) is 11.3 Å². The van der Waals surface area contributed by atoms with Gasteiger partial charge in [0, 0.05) is 13.2 Å². The van der Waals surface area contributed by atoms with E-state index in [1.54, 1.807) is 30.3 Å². The van der Waals surface area contributed by atoms with Crippen LogP contribution in [0.1, 0.15) is 10.4 Å². The third kappa shape index (κ3) is 2.05. The molecule has 3 nitrogen and oxygen atoms in total. The summed E-state index contributed by atoms with van der Waals surface area (Å²) in [5, 5.41) is 2.84. The molecule has 0 unspecified atom stereocenters. The molecular formula is C11H10N2OS2. The van der Waals surface area contributed by atoms with Crippen molar-refractivity contribution in [1.82, 2.24) is 4.98 Å². The molecule has 0 radical (unpaired) electrons. The van der Waals surface area contributed by atoms with Gasteiger partial charge in [0.25, 0.3) is 5.91 Å². The number of aromatic nitrogens is 1. The van der Waals surface area contributed by atoms with Crippen LogP contribution >= 0.6 is 23.6 Å². The topological polar surface area (TPSA) is 36.1 Å². The van der Waals surface area contributed by atoms with Crippen molar-refractivity contribution in [2.24, 2.45) is 0 Å². The Morgan fingerprint density at radius 2 is 2.25 bits per heavy atom. The number of nitrogens with one attached hydrogen (secondary N) is 1. The second-order valence-corrected chi connectivity index (χ2v) is 4.56. The molecule has 0 atom stereocenters. The highest BCUT2D eigenvalue weighted by Gasteiger charge is 2.15. The van der Waals surface area contributed by atoms with Crippen molar-refractivity contribution in [3.8, 4) is 0 Å². The standard InChI is InChI=1S/C11H10N2OS2/c1-13(9-5-3-7-16-9)11(14)8-4-2-6-12-10(8)15/h2-7H,1H3,(H,12,15). The van der Waals surface area contributed by atoms with Crippen LogP contribution in [-0.2, 0) is 0 Å². The van der Waals surface area contributed by atoms with Crippen LogP contribution in [0.5, 0.6) is 0 Å². The van der Waals surface area contributed by atoms with Crippen molar-refractivity contribution in [2.45, 2.75) is 0 Å². The van der Waals surface area contributed by atoms with Crippen molar-refractivity contribution in [1.29, 1.82) is 0 Å². The first kappa shape index (κ1) is 11.0. The molecule has 0 saturated heterocycles. The van der Waals surface area contributed by atoms with E-state index in [9.17, 15) is 4.79 Å². The molecule has 2 rings (SSSR count). The Bertz CT molecular complexity index is 545. The SMILES string of the molecule is CN(C(=O)c1ccc[nH]c1=S)c1cccs1. The number of H-pyrrole nitrogens is 1. The molecule has 0 bridgehead atoms. The third-order valence-electron chi connectivity index (χ3n) is 2.19. The first-order chi connectivity index (χ1) is 7.70. The van der Waals surface area contributed by atoms with Crippen molar-refractivity contribution in [2.75, 3.05) is 11.9 Å². The first-order valence-electron chi connectivity index (χ1n) is 4.69. The van der Waals surface area contributed by atoms with E-state index in [-0.39, 0.29) is 5.91 Å². The number of aromatic amines is 1. The van der Waals surface area contributed by atoms with Crippen molar-refractivity contribution >= 4 is 34.5 Å². The zero-order valence-electron chi connectivity index (χ0n) is 8.64. The summed E-state index contributed by atoms with van der Waals surface area (Å²) in [5.74, 6) is -0.0932. The summed E-state index contributed by atoms with van der Waals surface area (Å²) >= 11 is 6.60. The molecule has 0 saturated carbocycles. The van der Waals surface area contributed by atoms with Gasteiger partial charge in [-0.25, -0.2) is 0 Å². The van der Waals surface area contributed by atoms with Crippen LogP contribution in [0, 0.1) is 4.64 Å². The van der Waals surface area contributed by atoms with Crippen LogP contribution < -0.4 is 4.90 Å². The quantitative estimate of drug-likeness (QED) is 0.831. The van der Waals surface area contributed by atoms with Gasteiger partial charge < -0.3 is 9.88 Å². The summed E-state index contributed by atoms with van der Waals surface area (Å²) < 4.78 is 0.468. The highest BCUT2D eigenvalue weighted by molar-refractivity contribution is 7.71. The molecule has 2 aromatic heterocycles. The fourth-order valence-electron chi connectivity index (χ4n) is 1.33. The van der Waals surface area contributed by atoms with Gasteiger partial charge >= 0.3 is 0 Å². The molecular weight excluding hydrogens is 240 g/mol. The molecule has 0 fully saturated rings. The molecule has 1 N–H and O–H groups in total. The Labute approximate surface area is 102 Å². The molecule has 2 aromatic rings. The van der Waals surface area contributed by atoms with E-state index >= 15 is 0 Å². The summed E-state index contributed by atoms with van der Waals surface area (Å²) in [4.78, 5) is 16.6. The molecule has 82 valence electrons. The molecule has 0 spiro atoms. The van der Waals surface area contributed by atoms with Gasteiger partial charge in [0.1, 0.15) is 4.64 Å². The van der Waals surface area contributed by atoms with E-state index in [0.29, 0.717) is 10.2 Å².